The van der Waals surface area contributed by atoms with E-state index in [0.29, 0.717) is 25.7 Å². The molecule has 0 aliphatic heterocycles. The molecular formula is C24H18N2. The summed E-state index contributed by atoms with van der Waals surface area (Å²) in [4.78, 5) is 0. The van der Waals surface area contributed by atoms with Gasteiger partial charge in [-0.3, -0.25) is 0 Å². The van der Waals surface area contributed by atoms with Crippen molar-refractivity contribution in [2.45, 2.75) is 25.7 Å². The van der Waals surface area contributed by atoms with Crippen molar-refractivity contribution in [1.82, 2.24) is 0 Å². The van der Waals surface area contributed by atoms with Gasteiger partial charge in [-0.25, -0.2) is 0 Å². The number of hydrogen-bond donors (Lipinski definition) is 0. The number of hydrogen-bond acceptors (Lipinski definition) is 2. The third-order valence-electron chi connectivity index (χ3n) is 3.60. The van der Waals surface area contributed by atoms with Gasteiger partial charge in [0, 0.05) is 35.1 Å². The molecule has 0 amide bonds. The standard InChI is InChI=1S/C24H18N2/c25-19-7-13-23(17-15-21-9-3-1-4-10-21)24(14-8-20-26)18-16-22-11-5-2-6-12-22/h1-6,9-12H,7-8,13-14H2/b24-23+. The molecule has 2 aromatic rings. The molecule has 2 aromatic carbocycles. The van der Waals surface area contributed by atoms with Crippen LogP contribution >= 0.6 is 0 Å². The molecule has 0 spiro atoms. The summed E-state index contributed by atoms with van der Waals surface area (Å²) < 4.78 is 0. The maximum Gasteiger partial charge on any atom is 0.0625 e. The second-order valence-corrected chi connectivity index (χ2v) is 5.51. The van der Waals surface area contributed by atoms with Crippen molar-refractivity contribution in [2.75, 3.05) is 0 Å². The molecular weight excluding hydrogens is 316 g/mol. The van der Waals surface area contributed by atoms with E-state index < -0.39 is 0 Å². The Morgan fingerprint density at radius 1 is 0.615 bits per heavy atom. The summed E-state index contributed by atoms with van der Waals surface area (Å²) in [6, 6.07) is 23.8. The average molecular weight is 334 g/mol. The predicted octanol–water partition coefficient (Wildman–Crippen LogP) is 4.99. The molecule has 0 heterocycles. The second-order valence-electron chi connectivity index (χ2n) is 5.51. The first-order valence-electron chi connectivity index (χ1n) is 8.43. The first-order chi connectivity index (χ1) is 12.8. The van der Waals surface area contributed by atoms with Crippen LogP contribution < -0.4 is 0 Å². The van der Waals surface area contributed by atoms with Gasteiger partial charge < -0.3 is 0 Å². The van der Waals surface area contributed by atoms with Gasteiger partial charge in [0.25, 0.3) is 0 Å². The van der Waals surface area contributed by atoms with Crippen molar-refractivity contribution in [2.24, 2.45) is 0 Å². The molecule has 0 bridgehead atoms. The molecule has 124 valence electrons. The van der Waals surface area contributed by atoms with E-state index >= 15 is 0 Å². The predicted molar refractivity (Wildman–Crippen MR) is 103 cm³/mol. The summed E-state index contributed by atoms with van der Waals surface area (Å²) in [5, 5.41) is 17.9. The largest absolute Gasteiger partial charge is 0.198 e. The van der Waals surface area contributed by atoms with Crippen molar-refractivity contribution < 1.29 is 0 Å². The molecule has 2 nitrogen and oxygen atoms in total. The highest BCUT2D eigenvalue weighted by Gasteiger charge is 2.03. The Morgan fingerprint density at radius 3 is 1.35 bits per heavy atom. The van der Waals surface area contributed by atoms with Crippen LogP contribution in [0.5, 0.6) is 0 Å². The van der Waals surface area contributed by atoms with E-state index in [-0.39, 0.29) is 0 Å². The van der Waals surface area contributed by atoms with Crippen molar-refractivity contribution in [3.63, 3.8) is 0 Å². The monoisotopic (exact) mass is 334 g/mol. The SMILES string of the molecule is N#CCC/C(C#Cc1ccccc1)=C(\C#Cc1ccccc1)CCC#N. The third-order valence-corrected chi connectivity index (χ3v) is 3.60. The van der Waals surface area contributed by atoms with Gasteiger partial charge >= 0.3 is 0 Å². The van der Waals surface area contributed by atoms with E-state index in [4.69, 9.17) is 10.5 Å². The molecule has 0 unspecified atom stereocenters. The molecule has 26 heavy (non-hydrogen) atoms. The summed E-state index contributed by atoms with van der Waals surface area (Å²) in [6.07, 6.45) is 1.84. The lowest BCUT2D eigenvalue weighted by Gasteiger charge is -2.02. The fourth-order valence-corrected chi connectivity index (χ4v) is 2.28. The minimum atomic E-state index is 0.377. The van der Waals surface area contributed by atoms with Crippen LogP contribution in [0.15, 0.2) is 71.8 Å². The van der Waals surface area contributed by atoms with Crippen LogP contribution in [-0.4, -0.2) is 0 Å². The molecule has 0 aliphatic carbocycles. The molecule has 0 radical (unpaired) electrons. The van der Waals surface area contributed by atoms with E-state index in [0.717, 1.165) is 22.3 Å². The van der Waals surface area contributed by atoms with Gasteiger partial charge in [-0.2, -0.15) is 10.5 Å². The summed E-state index contributed by atoms with van der Waals surface area (Å²) in [5.41, 5.74) is 3.51. The van der Waals surface area contributed by atoms with Crippen LogP contribution in [0, 0.1) is 46.3 Å². The van der Waals surface area contributed by atoms with Crippen molar-refractivity contribution in [1.29, 1.82) is 10.5 Å². The smallest absolute Gasteiger partial charge is 0.0625 e. The third kappa shape index (κ3) is 6.42. The van der Waals surface area contributed by atoms with Gasteiger partial charge in [0.15, 0.2) is 0 Å². The molecule has 0 atom stereocenters. The highest BCUT2D eigenvalue weighted by atomic mass is 14.2. The number of nitrogens with zero attached hydrogens (tertiary/aromatic N) is 2. The number of nitriles is 2. The molecule has 0 fully saturated rings. The Kier molecular flexibility index (Phi) is 7.84. The van der Waals surface area contributed by atoms with Gasteiger partial charge in [-0.05, 0) is 37.1 Å². The summed E-state index contributed by atoms with van der Waals surface area (Å²) in [7, 11) is 0. The number of allylic oxidation sites excluding steroid dienone is 2. The van der Waals surface area contributed by atoms with Gasteiger partial charge in [0.2, 0.25) is 0 Å². The Balaban J connectivity index is 2.42. The lowest BCUT2D eigenvalue weighted by atomic mass is 9.99. The highest BCUT2D eigenvalue weighted by molar-refractivity contribution is 5.49. The Bertz CT molecular complexity index is 866. The first kappa shape index (κ1) is 18.6. The van der Waals surface area contributed by atoms with Crippen LogP contribution in [0.1, 0.15) is 36.8 Å². The van der Waals surface area contributed by atoms with Crippen LogP contribution in [0.25, 0.3) is 0 Å². The summed E-state index contributed by atoms with van der Waals surface area (Å²) in [6.45, 7) is 0. The van der Waals surface area contributed by atoms with Crippen molar-refractivity contribution in [3.05, 3.63) is 82.9 Å². The first-order valence-corrected chi connectivity index (χ1v) is 8.43. The molecule has 0 N–H and O–H groups in total. The van der Waals surface area contributed by atoms with Crippen LogP contribution in [0.2, 0.25) is 0 Å². The Hall–Kier alpha value is -3.72. The second kappa shape index (κ2) is 10.9. The van der Waals surface area contributed by atoms with E-state index in [1.807, 2.05) is 60.7 Å². The van der Waals surface area contributed by atoms with Gasteiger partial charge in [0.05, 0.1) is 12.1 Å². The fraction of sp³-hybridized carbons (Fsp3) is 0.167. The lowest BCUT2D eigenvalue weighted by Crippen LogP contribution is -1.91. The van der Waals surface area contributed by atoms with Crippen LogP contribution in [-0.2, 0) is 0 Å². The zero-order valence-corrected chi connectivity index (χ0v) is 14.5. The molecule has 2 rings (SSSR count). The normalized spacial score (nSPS) is 10.1. The molecule has 0 saturated carbocycles. The van der Waals surface area contributed by atoms with Crippen LogP contribution in [0.3, 0.4) is 0 Å². The molecule has 2 heteroatoms. The summed E-state index contributed by atoms with van der Waals surface area (Å²) in [5.74, 6) is 12.6. The minimum absolute atomic E-state index is 0.377. The zero-order chi connectivity index (χ0) is 18.5. The average Bonchev–Trinajstić information content (AvgIpc) is 2.70. The fourth-order valence-electron chi connectivity index (χ4n) is 2.28. The topological polar surface area (TPSA) is 47.6 Å². The van der Waals surface area contributed by atoms with Gasteiger partial charge in [-0.15, -0.1) is 0 Å². The van der Waals surface area contributed by atoms with E-state index in [2.05, 4.69) is 35.8 Å². The van der Waals surface area contributed by atoms with E-state index in [1.165, 1.54) is 0 Å². The lowest BCUT2D eigenvalue weighted by molar-refractivity contribution is 0.959. The van der Waals surface area contributed by atoms with Gasteiger partial charge in [-0.1, -0.05) is 60.1 Å². The minimum Gasteiger partial charge on any atom is -0.198 e. The van der Waals surface area contributed by atoms with E-state index in [9.17, 15) is 0 Å². The highest BCUT2D eigenvalue weighted by Crippen LogP contribution is 2.16. The van der Waals surface area contributed by atoms with Crippen molar-refractivity contribution in [3.8, 4) is 35.8 Å². The molecule has 0 saturated heterocycles. The molecule has 0 aromatic heterocycles. The summed E-state index contributed by atoms with van der Waals surface area (Å²) >= 11 is 0. The number of benzene rings is 2. The Morgan fingerprint density at radius 2 is 1.00 bits per heavy atom. The Labute approximate surface area is 155 Å². The quantitative estimate of drug-likeness (QED) is 0.739. The zero-order valence-electron chi connectivity index (χ0n) is 14.5. The van der Waals surface area contributed by atoms with Crippen LogP contribution in [0.4, 0.5) is 0 Å². The van der Waals surface area contributed by atoms with Gasteiger partial charge in [0.1, 0.15) is 0 Å². The molecule has 0 aliphatic rings. The van der Waals surface area contributed by atoms with Crippen molar-refractivity contribution >= 4 is 0 Å². The maximum absolute atomic E-state index is 8.96. The van der Waals surface area contributed by atoms with E-state index in [1.54, 1.807) is 0 Å². The maximum atomic E-state index is 8.96. The number of rotatable bonds is 4.